The number of sulfonamides is 1. The Labute approximate surface area is 319 Å². The SMILES string of the molecule is CC(C)(C)N(Cc1ccccc1)C(=O)On1nc(C(F)(F)F)cc1C(=O)N(c1ccccc1)[C@](CCC1CC1)(NS(=O)(=O)C(C)(C)C)c1ccc(C#N)cc1. The predicted molar refractivity (Wildman–Crippen MR) is 201 cm³/mol. The number of para-hydroxylation sites is 1. The third-order valence-electron chi connectivity index (χ3n) is 9.38. The maximum absolute atomic E-state index is 15.3. The molecule has 1 fully saturated rings. The minimum atomic E-state index is -5.07. The number of anilines is 1. The average molecular weight is 779 g/mol. The molecule has 1 heterocycles. The molecule has 4 aromatic rings. The number of benzene rings is 3. The number of halogens is 3. The summed E-state index contributed by atoms with van der Waals surface area (Å²) >= 11 is 0. The van der Waals surface area contributed by atoms with Gasteiger partial charge in [0, 0.05) is 23.8 Å². The molecule has 55 heavy (non-hydrogen) atoms. The van der Waals surface area contributed by atoms with Gasteiger partial charge in [-0.2, -0.15) is 23.2 Å². The number of nitriles is 1. The summed E-state index contributed by atoms with van der Waals surface area (Å²) in [6.07, 6.45) is -3.98. The fourth-order valence-corrected chi connectivity index (χ4v) is 7.00. The van der Waals surface area contributed by atoms with E-state index < -0.39 is 55.5 Å². The number of nitrogens with zero attached hydrogens (tertiary/aromatic N) is 5. The summed E-state index contributed by atoms with van der Waals surface area (Å²) in [6.45, 7) is 9.62. The molecule has 1 aliphatic carbocycles. The molecule has 0 saturated heterocycles. The molecule has 1 aromatic heterocycles. The van der Waals surface area contributed by atoms with Crippen LogP contribution in [0.15, 0.2) is 91.0 Å². The van der Waals surface area contributed by atoms with Gasteiger partial charge in [-0.15, -0.1) is 5.10 Å². The van der Waals surface area contributed by atoms with Crippen LogP contribution in [0.2, 0.25) is 0 Å². The Morgan fingerprint density at radius 3 is 2.02 bits per heavy atom. The average Bonchev–Trinajstić information content (AvgIpc) is 3.85. The first kappa shape index (κ1) is 41.0. The molecule has 1 N–H and O–H groups in total. The lowest BCUT2D eigenvalue weighted by atomic mass is 9.90. The van der Waals surface area contributed by atoms with Crippen LogP contribution in [0.4, 0.5) is 23.7 Å². The van der Waals surface area contributed by atoms with Crippen molar-refractivity contribution >= 4 is 27.7 Å². The van der Waals surface area contributed by atoms with Gasteiger partial charge in [0.05, 0.1) is 16.4 Å². The van der Waals surface area contributed by atoms with Crippen LogP contribution < -0.4 is 14.5 Å². The van der Waals surface area contributed by atoms with Crippen LogP contribution in [0.5, 0.6) is 0 Å². The van der Waals surface area contributed by atoms with Gasteiger partial charge in [-0.1, -0.05) is 78.4 Å². The highest BCUT2D eigenvalue weighted by Crippen LogP contribution is 2.43. The molecule has 0 bridgehead atoms. The second-order valence-corrected chi connectivity index (χ2v) is 18.0. The molecule has 292 valence electrons. The highest BCUT2D eigenvalue weighted by atomic mass is 32.2. The standard InChI is InChI=1S/C40H45F3N6O5S/c1-37(2,3)47(27-30-13-9-7-10-14-30)36(51)54-49-33(25-34(45-49)40(41,42)43)35(50)48(32-15-11-8-12-16-32)39(24-23-28-17-18-28,46-55(52,53)38(4,5)6)31-21-19-29(26-44)20-22-31/h7-16,19-22,25,28,46H,17-18,23-24,27H2,1-6H3/t39-/m0/s1. The smallest absolute Gasteiger partial charge is 0.298 e. The molecule has 1 atom stereocenters. The summed E-state index contributed by atoms with van der Waals surface area (Å²) in [5.41, 5.74) is -3.83. The van der Waals surface area contributed by atoms with Crippen molar-refractivity contribution in [3.8, 4) is 6.07 Å². The van der Waals surface area contributed by atoms with Gasteiger partial charge in [-0.3, -0.25) is 19.4 Å². The Morgan fingerprint density at radius 1 is 0.927 bits per heavy atom. The van der Waals surface area contributed by atoms with Crippen LogP contribution in [-0.4, -0.2) is 45.5 Å². The highest BCUT2D eigenvalue weighted by Gasteiger charge is 2.50. The van der Waals surface area contributed by atoms with Crippen LogP contribution in [0, 0.1) is 17.2 Å². The van der Waals surface area contributed by atoms with E-state index in [-0.39, 0.29) is 40.5 Å². The second-order valence-electron chi connectivity index (χ2n) is 15.6. The Balaban J connectivity index is 1.74. The Morgan fingerprint density at radius 2 is 1.51 bits per heavy atom. The molecule has 3 aromatic carbocycles. The van der Waals surface area contributed by atoms with Gasteiger partial charge >= 0.3 is 12.3 Å². The van der Waals surface area contributed by atoms with E-state index >= 15 is 4.79 Å². The van der Waals surface area contributed by atoms with Gasteiger partial charge in [-0.25, -0.2) is 13.2 Å². The molecule has 0 unspecified atom stereocenters. The van der Waals surface area contributed by atoms with E-state index in [2.05, 4.69) is 9.82 Å². The monoisotopic (exact) mass is 778 g/mol. The zero-order valence-corrected chi connectivity index (χ0v) is 32.4. The molecular formula is C40H45F3N6O5S. The van der Waals surface area contributed by atoms with Crippen molar-refractivity contribution in [3.63, 3.8) is 0 Å². The number of carbonyl (C=O) groups is 2. The predicted octanol–water partition coefficient (Wildman–Crippen LogP) is 8.03. The Bertz CT molecular complexity index is 2140. The first-order valence-electron chi connectivity index (χ1n) is 17.8. The normalized spacial score (nSPS) is 14.8. The second kappa shape index (κ2) is 15.5. The number of hydrogen-bond donors (Lipinski definition) is 1. The van der Waals surface area contributed by atoms with E-state index in [4.69, 9.17) is 4.84 Å². The van der Waals surface area contributed by atoms with Crippen molar-refractivity contribution in [2.75, 3.05) is 4.90 Å². The lowest BCUT2D eigenvalue weighted by molar-refractivity contribution is -0.142. The van der Waals surface area contributed by atoms with Gasteiger partial charge in [0.25, 0.3) is 5.91 Å². The van der Waals surface area contributed by atoms with Gasteiger partial charge in [0.15, 0.2) is 11.4 Å². The number of hydrogen-bond acceptors (Lipinski definition) is 7. The van der Waals surface area contributed by atoms with Crippen molar-refractivity contribution in [1.82, 2.24) is 19.6 Å². The quantitative estimate of drug-likeness (QED) is 0.144. The summed E-state index contributed by atoms with van der Waals surface area (Å²) in [4.78, 5) is 37.4. The number of alkyl halides is 3. The zero-order valence-electron chi connectivity index (χ0n) is 31.6. The first-order valence-corrected chi connectivity index (χ1v) is 19.3. The lowest BCUT2D eigenvalue weighted by Gasteiger charge is -2.46. The summed E-state index contributed by atoms with van der Waals surface area (Å²) < 4.78 is 73.1. The summed E-state index contributed by atoms with van der Waals surface area (Å²) in [5, 5.41) is 13.2. The van der Waals surface area contributed by atoms with E-state index in [0.29, 0.717) is 18.1 Å². The Hall–Kier alpha value is -5.20. The fraction of sp³-hybridized carbons (Fsp3) is 0.400. The molecule has 1 saturated carbocycles. The van der Waals surface area contributed by atoms with Crippen LogP contribution >= 0.6 is 0 Å². The summed E-state index contributed by atoms with van der Waals surface area (Å²) in [6, 6.07) is 25.3. The maximum Gasteiger partial charge on any atom is 0.436 e. The van der Waals surface area contributed by atoms with Crippen molar-refractivity contribution in [2.24, 2.45) is 5.92 Å². The molecule has 0 aliphatic heterocycles. The van der Waals surface area contributed by atoms with Gasteiger partial charge < -0.3 is 0 Å². The molecule has 15 heteroatoms. The van der Waals surface area contributed by atoms with Crippen molar-refractivity contribution in [3.05, 3.63) is 119 Å². The molecular weight excluding hydrogens is 734 g/mol. The van der Waals surface area contributed by atoms with Gasteiger partial charge in [0.2, 0.25) is 10.0 Å². The summed E-state index contributed by atoms with van der Waals surface area (Å²) in [5.74, 6) is -0.940. The molecule has 1 aliphatic rings. The lowest BCUT2D eigenvalue weighted by Crippen LogP contribution is -2.63. The number of rotatable bonds is 12. The van der Waals surface area contributed by atoms with Gasteiger partial charge in [0.1, 0.15) is 5.66 Å². The van der Waals surface area contributed by atoms with Crippen LogP contribution in [0.25, 0.3) is 0 Å². The maximum atomic E-state index is 15.3. The van der Waals surface area contributed by atoms with Crippen LogP contribution in [-0.2, 0) is 28.4 Å². The first-order chi connectivity index (χ1) is 25.7. The number of nitrogens with one attached hydrogen (secondary N) is 1. The van der Waals surface area contributed by atoms with E-state index in [0.717, 1.165) is 17.7 Å². The van der Waals surface area contributed by atoms with Crippen molar-refractivity contribution < 1.29 is 36.0 Å². The molecule has 0 radical (unpaired) electrons. The molecule has 5 rings (SSSR count). The third kappa shape index (κ3) is 9.37. The van der Waals surface area contributed by atoms with E-state index in [9.17, 15) is 31.6 Å². The number of aromatic nitrogens is 2. The number of carbonyl (C=O) groups excluding carboxylic acids is 2. The van der Waals surface area contributed by atoms with E-state index in [1.165, 1.54) is 62.1 Å². The molecule has 2 amide bonds. The fourth-order valence-electron chi connectivity index (χ4n) is 5.94. The topological polar surface area (TPSA) is 138 Å². The van der Waals surface area contributed by atoms with Gasteiger partial charge in [-0.05, 0) is 95.7 Å². The van der Waals surface area contributed by atoms with E-state index in [1.54, 1.807) is 69.3 Å². The highest BCUT2D eigenvalue weighted by molar-refractivity contribution is 7.90. The molecule has 11 nitrogen and oxygen atoms in total. The minimum Gasteiger partial charge on any atom is -0.298 e. The Kier molecular flexibility index (Phi) is 11.6. The van der Waals surface area contributed by atoms with E-state index in [1.807, 2.05) is 6.07 Å². The largest absolute Gasteiger partial charge is 0.436 e. The molecule has 0 spiro atoms. The van der Waals surface area contributed by atoms with Crippen LogP contribution in [0.3, 0.4) is 0 Å². The number of amides is 2. The van der Waals surface area contributed by atoms with Crippen molar-refractivity contribution in [1.29, 1.82) is 5.26 Å². The van der Waals surface area contributed by atoms with Crippen LogP contribution in [0.1, 0.15) is 100 Å². The zero-order chi connectivity index (χ0) is 40.4. The third-order valence-corrected chi connectivity index (χ3v) is 11.6. The minimum absolute atomic E-state index is 0.00551. The summed E-state index contributed by atoms with van der Waals surface area (Å²) in [7, 11) is -4.32. The van der Waals surface area contributed by atoms with Crippen molar-refractivity contribution in [2.45, 2.75) is 95.9 Å².